The molecule has 1 aromatic heterocycles. The Labute approximate surface area is 110 Å². The molecular weight excluding hydrogens is 258 g/mol. The van der Waals surface area contributed by atoms with Gasteiger partial charge in [0.15, 0.2) is 0 Å². The summed E-state index contributed by atoms with van der Waals surface area (Å²) in [7, 11) is 1.36. The van der Waals surface area contributed by atoms with E-state index in [1.165, 1.54) is 19.4 Å². The third-order valence-electron chi connectivity index (χ3n) is 3.09. The van der Waals surface area contributed by atoms with Crippen LogP contribution in [0.4, 0.5) is 0 Å². The van der Waals surface area contributed by atoms with Gasteiger partial charge >= 0.3 is 5.97 Å². The molecule has 6 heteroatoms. The second-order valence-electron chi connectivity index (χ2n) is 4.22. The minimum absolute atomic E-state index is 0.0835. The molecule has 0 aliphatic carbocycles. The standard InChI is InChI=1S/C12H14ClNO4/c1-17-12(16)8-3-2-5-14(7-8)11(15)9-4-6-18-10(9)13/h4,6,8H,2-3,5,7H2,1H3/t8-/m0/s1. The number of likely N-dealkylation sites (tertiary alicyclic amines) is 1. The van der Waals surface area contributed by atoms with Crippen molar-refractivity contribution in [3.63, 3.8) is 0 Å². The van der Waals surface area contributed by atoms with Crippen LogP contribution in [0.2, 0.25) is 5.22 Å². The van der Waals surface area contributed by atoms with Crippen molar-refractivity contribution >= 4 is 23.5 Å². The number of nitrogens with zero attached hydrogens (tertiary/aromatic N) is 1. The number of amides is 1. The fourth-order valence-electron chi connectivity index (χ4n) is 2.14. The van der Waals surface area contributed by atoms with Gasteiger partial charge in [-0.05, 0) is 30.5 Å². The fraction of sp³-hybridized carbons (Fsp3) is 0.500. The molecule has 0 unspecified atom stereocenters. The van der Waals surface area contributed by atoms with Gasteiger partial charge in [-0.2, -0.15) is 0 Å². The van der Waals surface area contributed by atoms with Gasteiger partial charge in [0.05, 0.1) is 24.9 Å². The van der Waals surface area contributed by atoms with Crippen LogP contribution in [-0.4, -0.2) is 37.0 Å². The zero-order chi connectivity index (χ0) is 13.1. The highest BCUT2D eigenvalue weighted by Crippen LogP contribution is 2.23. The highest BCUT2D eigenvalue weighted by atomic mass is 35.5. The molecule has 0 aromatic carbocycles. The summed E-state index contributed by atoms with van der Waals surface area (Å²) in [6.07, 6.45) is 2.90. The first-order chi connectivity index (χ1) is 8.63. The van der Waals surface area contributed by atoms with Gasteiger partial charge in [-0.15, -0.1) is 0 Å². The number of halogens is 1. The number of esters is 1. The molecule has 1 aromatic rings. The number of piperidine rings is 1. The Bertz CT molecular complexity index is 457. The number of furan rings is 1. The molecular formula is C12H14ClNO4. The Kier molecular flexibility index (Phi) is 3.91. The summed E-state index contributed by atoms with van der Waals surface area (Å²) in [5.74, 6) is -0.730. The van der Waals surface area contributed by atoms with E-state index in [-0.39, 0.29) is 23.0 Å². The molecule has 1 aliphatic rings. The Morgan fingerprint density at radius 2 is 2.33 bits per heavy atom. The second-order valence-corrected chi connectivity index (χ2v) is 4.56. The molecule has 1 aliphatic heterocycles. The van der Waals surface area contributed by atoms with Gasteiger partial charge in [0.25, 0.3) is 5.91 Å². The lowest BCUT2D eigenvalue weighted by Crippen LogP contribution is -2.42. The van der Waals surface area contributed by atoms with Gasteiger partial charge in [0.1, 0.15) is 0 Å². The summed E-state index contributed by atoms with van der Waals surface area (Å²) in [5.41, 5.74) is 0.335. The van der Waals surface area contributed by atoms with Crippen molar-refractivity contribution in [1.29, 1.82) is 0 Å². The zero-order valence-electron chi connectivity index (χ0n) is 10.0. The van der Waals surface area contributed by atoms with Gasteiger partial charge in [0, 0.05) is 13.1 Å². The van der Waals surface area contributed by atoms with E-state index in [4.69, 9.17) is 20.8 Å². The molecule has 98 valence electrons. The SMILES string of the molecule is COC(=O)[C@H]1CCCN(C(=O)c2ccoc2Cl)C1. The van der Waals surface area contributed by atoms with Crippen molar-refractivity contribution in [2.45, 2.75) is 12.8 Å². The lowest BCUT2D eigenvalue weighted by atomic mass is 9.98. The molecule has 1 atom stereocenters. The summed E-state index contributed by atoms with van der Waals surface area (Å²) >= 11 is 5.77. The third-order valence-corrected chi connectivity index (χ3v) is 3.38. The number of carbonyl (C=O) groups excluding carboxylic acids is 2. The number of carbonyl (C=O) groups is 2. The fourth-order valence-corrected chi connectivity index (χ4v) is 2.33. The zero-order valence-corrected chi connectivity index (χ0v) is 10.8. The van der Waals surface area contributed by atoms with E-state index >= 15 is 0 Å². The molecule has 1 saturated heterocycles. The lowest BCUT2D eigenvalue weighted by Gasteiger charge is -2.31. The van der Waals surface area contributed by atoms with Gasteiger partial charge in [-0.3, -0.25) is 9.59 Å². The summed E-state index contributed by atoms with van der Waals surface area (Å²) in [6.45, 7) is 0.987. The van der Waals surface area contributed by atoms with E-state index in [9.17, 15) is 9.59 Å². The third kappa shape index (κ3) is 2.51. The lowest BCUT2D eigenvalue weighted by molar-refractivity contribution is -0.146. The molecule has 0 N–H and O–H groups in total. The van der Waals surface area contributed by atoms with Crippen LogP contribution >= 0.6 is 11.6 Å². The molecule has 5 nitrogen and oxygen atoms in total. The topological polar surface area (TPSA) is 59.8 Å². The minimum atomic E-state index is -0.272. The van der Waals surface area contributed by atoms with Crippen LogP contribution in [-0.2, 0) is 9.53 Å². The molecule has 1 fully saturated rings. The Morgan fingerprint density at radius 1 is 1.56 bits per heavy atom. The predicted octanol–water partition coefficient (Wildman–Crippen LogP) is 1.96. The van der Waals surface area contributed by atoms with Crippen LogP contribution in [0.1, 0.15) is 23.2 Å². The normalized spacial score (nSPS) is 19.7. The molecule has 0 saturated carbocycles. The average molecular weight is 272 g/mol. The summed E-state index contributed by atoms with van der Waals surface area (Å²) in [6, 6.07) is 1.53. The van der Waals surface area contributed by atoms with Crippen LogP contribution in [0.25, 0.3) is 0 Å². The van der Waals surface area contributed by atoms with Gasteiger partial charge in [-0.1, -0.05) is 0 Å². The van der Waals surface area contributed by atoms with E-state index in [1.807, 2.05) is 0 Å². The molecule has 18 heavy (non-hydrogen) atoms. The highest BCUT2D eigenvalue weighted by molar-refractivity contribution is 6.32. The number of hydrogen-bond donors (Lipinski definition) is 0. The monoisotopic (exact) mass is 271 g/mol. The Balaban J connectivity index is 2.07. The molecule has 0 spiro atoms. The van der Waals surface area contributed by atoms with Crippen LogP contribution in [0.15, 0.2) is 16.7 Å². The van der Waals surface area contributed by atoms with Crippen molar-refractivity contribution < 1.29 is 18.7 Å². The van der Waals surface area contributed by atoms with E-state index < -0.39 is 0 Å². The van der Waals surface area contributed by atoms with Crippen LogP contribution in [0.3, 0.4) is 0 Å². The largest absolute Gasteiger partial charge is 0.469 e. The van der Waals surface area contributed by atoms with Crippen molar-refractivity contribution in [3.8, 4) is 0 Å². The van der Waals surface area contributed by atoms with Crippen molar-refractivity contribution in [3.05, 3.63) is 23.1 Å². The number of methoxy groups -OCH3 is 1. The quantitative estimate of drug-likeness (QED) is 0.772. The maximum atomic E-state index is 12.2. The van der Waals surface area contributed by atoms with E-state index in [2.05, 4.69) is 0 Å². The molecule has 0 radical (unpaired) electrons. The first-order valence-corrected chi connectivity index (χ1v) is 6.11. The average Bonchev–Trinajstić information content (AvgIpc) is 2.83. The van der Waals surface area contributed by atoms with Gasteiger partial charge in [-0.25, -0.2) is 0 Å². The summed E-state index contributed by atoms with van der Waals surface area (Å²) < 4.78 is 9.61. The maximum absolute atomic E-state index is 12.2. The Hall–Kier alpha value is -1.49. The smallest absolute Gasteiger partial charge is 0.310 e. The van der Waals surface area contributed by atoms with Crippen LogP contribution in [0, 0.1) is 5.92 Å². The van der Waals surface area contributed by atoms with E-state index in [0.29, 0.717) is 18.7 Å². The molecule has 2 heterocycles. The van der Waals surface area contributed by atoms with Crippen molar-refractivity contribution in [2.75, 3.05) is 20.2 Å². The van der Waals surface area contributed by atoms with Crippen LogP contribution in [0.5, 0.6) is 0 Å². The summed E-state index contributed by atoms with van der Waals surface area (Å²) in [4.78, 5) is 25.3. The number of ether oxygens (including phenoxy) is 1. The van der Waals surface area contributed by atoms with Crippen molar-refractivity contribution in [2.24, 2.45) is 5.92 Å². The molecule has 0 bridgehead atoms. The Morgan fingerprint density at radius 3 is 2.94 bits per heavy atom. The van der Waals surface area contributed by atoms with E-state index in [0.717, 1.165) is 12.8 Å². The first-order valence-electron chi connectivity index (χ1n) is 5.73. The highest BCUT2D eigenvalue weighted by Gasteiger charge is 2.30. The van der Waals surface area contributed by atoms with Gasteiger partial charge in [0.2, 0.25) is 5.22 Å². The minimum Gasteiger partial charge on any atom is -0.469 e. The molecule has 2 rings (SSSR count). The van der Waals surface area contributed by atoms with Crippen molar-refractivity contribution in [1.82, 2.24) is 4.90 Å². The maximum Gasteiger partial charge on any atom is 0.310 e. The number of rotatable bonds is 2. The summed E-state index contributed by atoms with van der Waals surface area (Å²) in [5, 5.41) is 0.0835. The molecule has 1 amide bonds. The van der Waals surface area contributed by atoms with E-state index in [1.54, 1.807) is 4.90 Å². The van der Waals surface area contributed by atoms with Gasteiger partial charge < -0.3 is 14.1 Å². The first kappa shape index (κ1) is 13.0. The second kappa shape index (κ2) is 5.44. The predicted molar refractivity (Wildman–Crippen MR) is 64.4 cm³/mol. The number of hydrogen-bond acceptors (Lipinski definition) is 4. The van der Waals surface area contributed by atoms with Crippen LogP contribution < -0.4 is 0 Å².